The minimum atomic E-state index is -0.318. The number of hydrogen-bond donors (Lipinski definition) is 0. The molecule has 6 nitrogen and oxygen atoms in total. The second-order valence-corrected chi connectivity index (χ2v) is 10.2. The third-order valence-corrected chi connectivity index (χ3v) is 7.54. The highest BCUT2D eigenvalue weighted by Crippen LogP contribution is 2.33. The van der Waals surface area contributed by atoms with E-state index in [-0.39, 0.29) is 15.8 Å². The van der Waals surface area contributed by atoms with Crippen LogP contribution in [0.4, 0.5) is 5.00 Å². The van der Waals surface area contributed by atoms with Crippen LogP contribution in [0.1, 0.15) is 29.7 Å². The van der Waals surface area contributed by atoms with Gasteiger partial charge in [0.05, 0.1) is 4.92 Å². The first-order chi connectivity index (χ1) is 15.6. The topological polar surface area (TPSA) is 66.7 Å². The molecule has 1 saturated carbocycles. The second-order valence-electron chi connectivity index (χ2n) is 9.02. The Hall–Kier alpha value is -2.77. The van der Waals surface area contributed by atoms with Crippen LogP contribution in [0.25, 0.3) is 10.8 Å². The molecule has 1 saturated heterocycles. The number of nitro groups is 1. The molecule has 3 aromatic rings. The summed E-state index contributed by atoms with van der Waals surface area (Å²) >= 11 is 1.25. The van der Waals surface area contributed by atoms with Crippen molar-refractivity contribution in [2.75, 3.05) is 19.6 Å². The number of thiophene rings is 1. The number of likely N-dealkylation sites (tertiary alicyclic amines) is 1. The Kier molecular flexibility index (Phi) is 5.93. The zero-order valence-corrected chi connectivity index (χ0v) is 18.8. The van der Waals surface area contributed by atoms with Gasteiger partial charge in [-0.25, -0.2) is 0 Å². The molecular weight excluding hydrogens is 422 g/mol. The molecule has 7 heteroatoms. The van der Waals surface area contributed by atoms with Gasteiger partial charge in [0.1, 0.15) is 0 Å². The predicted octanol–water partition coefficient (Wildman–Crippen LogP) is 5.07. The summed E-state index contributed by atoms with van der Waals surface area (Å²) in [7, 11) is 0. The number of rotatable bonds is 8. The lowest BCUT2D eigenvalue weighted by atomic mass is 10.0. The van der Waals surface area contributed by atoms with Crippen LogP contribution in [0.15, 0.2) is 54.6 Å². The first-order valence-electron chi connectivity index (χ1n) is 11.3. The van der Waals surface area contributed by atoms with Crippen LogP contribution in [0.3, 0.4) is 0 Å². The first kappa shape index (κ1) is 21.1. The Morgan fingerprint density at radius 3 is 2.66 bits per heavy atom. The Bertz CT molecular complexity index is 1130. The summed E-state index contributed by atoms with van der Waals surface area (Å²) in [5.74, 6) is 1.04. The molecule has 2 fully saturated rings. The smallest absolute Gasteiger partial charge is 0.324 e. The Labute approximate surface area is 191 Å². The van der Waals surface area contributed by atoms with Crippen molar-refractivity contribution in [1.82, 2.24) is 9.80 Å². The Balaban J connectivity index is 1.34. The molecule has 0 bridgehead atoms. The third-order valence-electron chi connectivity index (χ3n) is 6.52. The van der Waals surface area contributed by atoms with Gasteiger partial charge in [0.15, 0.2) is 0 Å². The number of amides is 1. The molecule has 2 aliphatic rings. The quantitative estimate of drug-likeness (QED) is 0.356. The van der Waals surface area contributed by atoms with Crippen LogP contribution in [0.5, 0.6) is 0 Å². The summed E-state index contributed by atoms with van der Waals surface area (Å²) < 4.78 is 0. The maximum Gasteiger partial charge on any atom is 0.324 e. The summed E-state index contributed by atoms with van der Waals surface area (Å²) in [6.07, 6.45) is 3.11. The van der Waals surface area contributed by atoms with E-state index < -0.39 is 0 Å². The molecule has 0 N–H and O–H groups in total. The summed E-state index contributed by atoms with van der Waals surface area (Å²) in [5, 5.41) is 13.8. The van der Waals surface area contributed by atoms with Crippen molar-refractivity contribution in [3.8, 4) is 0 Å². The van der Waals surface area contributed by atoms with E-state index in [2.05, 4.69) is 52.3 Å². The van der Waals surface area contributed by atoms with Crippen molar-refractivity contribution in [3.05, 3.63) is 75.2 Å². The Morgan fingerprint density at radius 2 is 1.88 bits per heavy atom. The minimum Gasteiger partial charge on any atom is -0.342 e. The van der Waals surface area contributed by atoms with E-state index in [1.165, 1.54) is 27.7 Å². The van der Waals surface area contributed by atoms with Crippen molar-refractivity contribution in [3.63, 3.8) is 0 Å². The van der Waals surface area contributed by atoms with Gasteiger partial charge in [-0.3, -0.25) is 19.8 Å². The van der Waals surface area contributed by atoms with Gasteiger partial charge < -0.3 is 4.90 Å². The fourth-order valence-electron chi connectivity index (χ4n) is 4.76. The first-order valence-corrected chi connectivity index (χ1v) is 12.1. The van der Waals surface area contributed by atoms with Crippen LogP contribution in [0, 0.1) is 22.0 Å². The van der Waals surface area contributed by atoms with E-state index in [1.54, 1.807) is 6.07 Å². The third kappa shape index (κ3) is 4.69. The van der Waals surface area contributed by atoms with Gasteiger partial charge in [-0.2, -0.15) is 0 Å². The monoisotopic (exact) mass is 449 g/mol. The zero-order chi connectivity index (χ0) is 22.1. The lowest BCUT2D eigenvalue weighted by molar-refractivity contribution is -0.380. The van der Waals surface area contributed by atoms with Gasteiger partial charge in [0, 0.05) is 49.6 Å². The molecule has 1 aromatic heterocycles. The Morgan fingerprint density at radius 1 is 1.06 bits per heavy atom. The van der Waals surface area contributed by atoms with Crippen LogP contribution in [-0.4, -0.2) is 40.3 Å². The minimum absolute atomic E-state index is 0.187. The average molecular weight is 450 g/mol. The maximum absolute atomic E-state index is 12.5. The molecule has 1 unspecified atom stereocenters. The number of carbonyl (C=O) groups excluding carboxylic acids is 1. The molecule has 2 heterocycles. The average Bonchev–Trinajstić information content (AvgIpc) is 3.36. The van der Waals surface area contributed by atoms with Crippen molar-refractivity contribution in [1.29, 1.82) is 0 Å². The fraction of sp³-hybridized carbons (Fsp3) is 0.400. The number of nitrogens with zero attached hydrogens (tertiary/aromatic N) is 3. The fourth-order valence-corrected chi connectivity index (χ4v) is 5.62. The maximum atomic E-state index is 12.5. The zero-order valence-electron chi connectivity index (χ0n) is 18.0. The number of hydrogen-bond acceptors (Lipinski definition) is 5. The van der Waals surface area contributed by atoms with E-state index in [9.17, 15) is 14.9 Å². The summed E-state index contributed by atoms with van der Waals surface area (Å²) in [5.41, 5.74) is 1.26. The lowest BCUT2D eigenvalue weighted by Gasteiger charge is -2.26. The predicted molar refractivity (Wildman–Crippen MR) is 126 cm³/mol. The normalized spacial score (nSPS) is 18.5. The molecule has 5 rings (SSSR count). The molecule has 32 heavy (non-hydrogen) atoms. The number of fused-ring (bicyclic) bond motifs is 1. The van der Waals surface area contributed by atoms with E-state index in [1.807, 2.05) is 6.07 Å². The second kappa shape index (κ2) is 9.00. The SMILES string of the molecule is O=C(C1CC1)N1CCC(CN(Cc2ccc([N+](=O)[O-])s2)Cc2cccc3ccccc23)C1. The molecular formula is C25H27N3O3S. The lowest BCUT2D eigenvalue weighted by Crippen LogP contribution is -2.33. The van der Waals surface area contributed by atoms with Gasteiger partial charge in [-0.05, 0) is 47.6 Å². The molecule has 1 atom stereocenters. The highest BCUT2D eigenvalue weighted by molar-refractivity contribution is 7.15. The molecule has 1 aliphatic heterocycles. The van der Waals surface area contributed by atoms with E-state index in [0.717, 1.165) is 50.3 Å². The van der Waals surface area contributed by atoms with Crippen molar-refractivity contribution in [2.24, 2.45) is 11.8 Å². The van der Waals surface area contributed by atoms with Crippen LogP contribution in [-0.2, 0) is 17.9 Å². The molecule has 1 amide bonds. The van der Waals surface area contributed by atoms with Gasteiger partial charge in [-0.1, -0.05) is 53.8 Å². The van der Waals surface area contributed by atoms with E-state index in [0.29, 0.717) is 18.4 Å². The van der Waals surface area contributed by atoms with Gasteiger partial charge in [-0.15, -0.1) is 0 Å². The van der Waals surface area contributed by atoms with Crippen LogP contribution in [0.2, 0.25) is 0 Å². The van der Waals surface area contributed by atoms with Crippen molar-refractivity contribution in [2.45, 2.75) is 32.4 Å². The van der Waals surface area contributed by atoms with E-state index >= 15 is 0 Å². The highest BCUT2D eigenvalue weighted by Gasteiger charge is 2.37. The summed E-state index contributed by atoms with van der Waals surface area (Å²) in [6.45, 7) is 4.01. The van der Waals surface area contributed by atoms with Crippen molar-refractivity contribution < 1.29 is 9.72 Å². The van der Waals surface area contributed by atoms with Gasteiger partial charge in [0.2, 0.25) is 5.91 Å². The molecule has 166 valence electrons. The molecule has 2 aromatic carbocycles. The summed E-state index contributed by atoms with van der Waals surface area (Å²) in [6, 6.07) is 18.3. The van der Waals surface area contributed by atoms with Gasteiger partial charge in [0.25, 0.3) is 0 Å². The van der Waals surface area contributed by atoms with Crippen LogP contribution < -0.4 is 0 Å². The molecule has 0 radical (unpaired) electrons. The van der Waals surface area contributed by atoms with Gasteiger partial charge >= 0.3 is 5.00 Å². The standard InChI is InChI=1S/C25H27N3O3S/c29-25(20-8-9-20)27-13-12-18(15-27)14-26(17-22-10-11-24(32-22)28(30)31)16-21-6-3-5-19-4-1-2-7-23(19)21/h1-7,10-11,18,20H,8-9,12-17H2. The number of carbonyl (C=O) groups is 1. The summed E-state index contributed by atoms with van der Waals surface area (Å²) in [4.78, 5) is 28.8. The number of benzene rings is 2. The van der Waals surface area contributed by atoms with Crippen molar-refractivity contribution >= 4 is 33.0 Å². The van der Waals surface area contributed by atoms with E-state index in [4.69, 9.17) is 0 Å². The molecule has 1 aliphatic carbocycles. The highest BCUT2D eigenvalue weighted by atomic mass is 32.1. The largest absolute Gasteiger partial charge is 0.342 e. The van der Waals surface area contributed by atoms with Crippen LogP contribution >= 0.6 is 11.3 Å². The molecule has 0 spiro atoms.